The Labute approximate surface area is 108 Å². The summed E-state index contributed by atoms with van der Waals surface area (Å²) in [6.07, 6.45) is 4.95. The molecule has 0 aliphatic carbocycles. The second-order valence-corrected chi connectivity index (χ2v) is 4.71. The Kier molecular flexibility index (Phi) is 5.85. The Hall–Kier alpha value is -1.36. The van der Waals surface area contributed by atoms with Crippen molar-refractivity contribution in [2.45, 2.75) is 39.2 Å². The first kappa shape index (κ1) is 14.7. The highest BCUT2D eigenvalue weighted by molar-refractivity contribution is 5.85. The molecule has 1 unspecified atom stereocenters. The molecule has 0 aromatic heterocycles. The maximum Gasteiger partial charge on any atom is 0.330 e. The lowest BCUT2D eigenvalue weighted by Crippen LogP contribution is -2.46. The molecule has 0 spiro atoms. The number of carboxylic acid groups (broad SMARTS) is 1. The van der Waals surface area contributed by atoms with Crippen LogP contribution in [0.4, 0.5) is 0 Å². The highest BCUT2D eigenvalue weighted by Gasteiger charge is 2.21. The topological polar surface area (TPSA) is 69.6 Å². The lowest BCUT2D eigenvalue weighted by Gasteiger charge is -2.29. The summed E-state index contributed by atoms with van der Waals surface area (Å²) in [5.74, 6) is -0.817. The van der Waals surface area contributed by atoms with Gasteiger partial charge in [-0.2, -0.15) is 0 Å². The van der Waals surface area contributed by atoms with E-state index in [0.29, 0.717) is 12.1 Å². The maximum atomic E-state index is 12.0. The number of hydrogen-bond donors (Lipinski definition) is 2. The van der Waals surface area contributed by atoms with Crippen LogP contribution >= 0.6 is 0 Å². The van der Waals surface area contributed by atoms with Crippen molar-refractivity contribution < 1.29 is 14.7 Å². The zero-order valence-electron chi connectivity index (χ0n) is 11.1. The van der Waals surface area contributed by atoms with Gasteiger partial charge in [0.15, 0.2) is 0 Å². The van der Waals surface area contributed by atoms with Crippen molar-refractivity contribution in [1.29, 1.82) is 0 Å². The molecule has 1 rings (SSSR count). The molecule has 0 radical (unpaired) electrons. The average Bonchev–Trinajstić information content (AvgIpc) is 2.38. The molecule has 1 saturated heterocycles. The number of amides is 1. The molecule has 102 valence electrons. The van der Waals surface area contributed by atoms with Gasteiger partial charge in [0, 0.05) is 25.2 Å². The Morgan fingerprint density at radius 3 is 2.50 bits per heavy atom. The maximum absolute atomic E-state index is 12.0. The first-order valence-electron chi connectivity index (χ1n) is 6.44. The van der Waals surface area contributed by atoms with Crippen LogP contribution in [-0.2, 0) is 9.59 Å². The number of rotatable bonds is 5. The van der Waals surface area contributed by atoms with Gasteiger partial charge in [-0.15, -0.1) is 0 Å². The Morgan fingerprint density at radius 1 is 1.33 bits per heavy atom. The number of nitrogens with one attached hydrogen (secondary N) is 1. The predicted octanol–water partition coefficient (Wildman–Crippen LogP) is 1.01. The predicted molar refractivity (Wildman–Crippen MR) is 69.3 cm³/mol. The van der Waals surface area contributed by atoms with E-state index in [0.717, 1.165) is 25.9 Å². The second-order valence-electron chi connectivity index (χ2n) is 4.71. The summed E-state index contributed by atoms with van der Waals surface area (Å²) in [4.78, 5) is 24.5. The fourth-order valence-electron chi connectivity index (χ4n) is 1.95. The van der Waals surface area contributed by atoms with E-state index in [9.17, 15) is 9.59 Å². The Bertz CT molecular complexity index is 333. The summed E-state index contributed by atoms with van der Waals surface area (Å²) in [5.41, 5.74) is 0.292. The van der Waals surface area contributed by atoms with E-state index >= 15 is 0 Å². The standard InChI is InChI=1S/C13H22N2O3/c1-10(13(17)18)6-7-14-11(2)12(16)15-8-4-3-5-9-15/h6,11,14H,3-5,7-9H2,1-2H3,(H,17,18)/b10-6-. The molecule has 5 heteroatoms. The van der Waals surface area contributed by atoms with Gasteiger partial charge in [0.25, 0.3) is 0 Å². The Balaban J connectivity index is 2.35. The summed E-state index contributed by atoms with van der Waals surface area (Å²) in [5, 5.41) is 11.7. The van der Waals surface area contributed by atoms with Crippen molar-refractivity contribution in [1.82, 2.24) is 10.2 Å². The van der Waals surface area contributed by atoms with Gasteiger partial charge < -0.3 is 15.3 Å². The molecule has 0 saturated carbocycles. The summed E-state index contributed by atoms with van der Waals surface area (Å²) >= 11 is 0. The molecule has 0 aromatic carbocycles. The van der Waals surface area contributed by atoms with Gasteiger partial charge in [-0.05, 0) is 33.1 Å². The molecule has 1 heterocycles. The Morgan fingerprint density at radius 2 is 1.94 bits per heavy atom. The van der Waals surface area contributed by atoms with E-state index in [1.165, 1.54) is 6.42 Å². The number of carbonyl (C=O) groups excluding carboxylic acids is 1. The minimum atomic E-state index is -0.924. The molecular weight excluding hydrogens is 232 g/mol. The molecule has 1 aliphatic rings. The van der Waals surface area contributed by atoms with Crippen LogP contribution in [0.5, 0.6) is 0 Å². The molecule has 1 amide bonds. The normalized spacial score (nSPS) is 18.6. The third-order valence-corrected chi connectivity index (χ3v) is 3.21. The van der Waals surface area contributed by atoms with Crippen LogP contribution < -0.4 is 5.32 Å². The van der Waals surface area contributed by atoms with Gasteiger partial charge in [-0.1, -0.05) is 6.08 Å². The zero-order valence-corrected chi connectivity index (χ0v) is 11.1. The number of hydrogen-bond acceptors (Lipinski definition) is 3. The summed E-state index contributed by atoms with van der Waals surface area (Å²) < 4.78 is 0. The fourth-order valence-corrected chi connectivity index (χ4v) is 1.95. The summed E-state index contributed by atoms with van der Waals surface area (Å²) in [7, 11) is 0. The quantitative estimate of drug-likeness (QED) is 0.718. The van der Waals surface area contributed by atoms with E-state index in [1.54, 1.807) is 13.0 Å². The van der Waals surface area contributed by atoms with Crippen LogP contribution in [-0.4, -0.2) is 47.6 Å². The van der Waals surface area contributed by atoms with Crippen molar-refractivity contribution in [3.63, 3.8) is 0 Å². The summed E-state index contributed by atoms with van der Waals surface area (Å²) in [6, 6.07) is -0.263. The number of likely N-dealkylation sites (tertiary alicyclic amines) is 1. The SMILES string of the molecule is C/C(=C/CNC(C)C(=O)N1CCCCC1)C(=O)O. The van der Waals surface area contributed by atoms with Gasteiger partial charge in [0.2, 0.25) is 5.91 Å². The minimum absolute atomic E-state index is 0.107. The molecule has 1 aliphatic heterocycles. The molecule has 1 atom stereocenters. The van der Waals surface area contributed by atoms with E-state index in [4.69, 9.17) is 5.11 Å². The van der Waals surface area contributed by atoms with E-state index in [2.05, 4.69) is 5.32 Å². The third-order valence-electron chi connectivity index (χ3n) is 3.21. The first-order chi connectivity index (χ1) is 8.52. The highest BCUT2D eigenvalue weighted by Crippen LogP contribution is 2.09. The van der Waals surface area contributed by atoms with Crippen LogP contribution in [0.15, 0.2) is 11.6 Å². The van der Waals surface area contributed by atoms with Crippen LogP contribution in [0.2, 0.25) is 0 Å². The number of carbonyl (C=O) groups is 2. The van der Waals surface area contributed by atoms with E-state index in [-0.39, 0.29) is 11.9 Å². The van der Waals surface area contributed by atoms with Gasteiger partial charge >= 0.3 is 5.97 Å². The highest BCUT2D eigenvalue weighted by atomic mass is 16.4. The third kappa shape index (κ3) is 4.49. The zero-order chi connectivity index (χ0) is 13.5. The van der Waals surface area contributed by atoms with Crippen molar-refractivity contribution in [3.05, 3.63) is 11.6 Å². The van der Waals surface area contributed by atoms with Gasteiger partial charge in [-0.3, -0.25) is 4.79 Å². The molecule has 0 aromatic rings. The molecule has 0 bridgehead atoms. The minimum Gasteiger partial charge on any atom is -0.478 e. The van der Waals surface area contributed by atoms with Crippen LogP contribution in [0, 0.1) is 0 Å². The lowest BCUT2D eigenvalue weighted by atomic mass is 10.1. The smallest absolute Gasteiger partial charge is 0.330 e. The first-order valence-corrected chi connectivity index (χ1v) is 6.44. The summed E-state index contributed by atoms with van der Waals surface area (Å²) in [6.45, 7) is 5.45. The van der Waals surface area contributed by atoms with Gasteiger partial charge in [-0.25, -0.2) is 4.79 Å². The number of nitrogens with zero attached hydrogens (tertiary/aromatic N) is 1. The number of piperidine rings is 1. The molecule has 1 fully saturated rings. The molecule has 18 heavy (non-hydrogen) atoms. The van der Waals surface area contributed by atoms with Crippen molar-refractivity contribution in [3.8, 4) is 0 Å². The fraction of sp³-hybridized carbons (Fsp3) is 0.692. The van der Waals surface area contributed by atoms with Crippen molar-refractivity contribution in [2.24, 2.45) is 0 Å². The van der Waals surface area contributed by atoms with E-state index < -0.39 is 5.97 Å². The van der Waals surface area contributed by atoms with Crippen LogP contribution in [0.1, 0.15) is 33.1 Å². The monoisotopic (exact) mass is 254 g/mol. The van der Waals surface area contributed by atoms with Gasteiger partial charge in [0.1, 0.15) is 0 Å². The molecule has 5 nitrogen and oxygen atoms in total. The largest absolute Gasteiger partial charge is 0.478 e. The van der Waals surface area contributed by atoms with Gasteiger partial charge in [0.05, 0.1) is 6.04 Å². The van der Waals surface area contributed by atoms with E-state index in [1.807, 2.05) is 11.8 Å². The van der Waals surface area contributed by atoms with Crippen LogP contribution in [0.25, 0.3) is 0 Å². The lowest BCUT2D eigenvalue weighted by molar-refractivity contribution is -0.134. The molecular formula is C13H22N2O3. The molecule has 2 N–H and O–H groups in total. The number of aliphatic carboxylic acids is 1. The average molecular weight is 254 g/mol. The van der Waals surface area contributed by atoms with Crippen molar-refractivity contribution in [2.75, 3.05) is 19.6 Å². The van der Waals surface area contributed by atoms with Crippen molar-refractivity contribution >= 4 is 11.9 Å². The number of carboxylic acids is 1. The van der Waals surface area contributed by atoms with Crippen LogP contribution in [0.3, 0.4) is 0 Å². The second kappa shape index (κ2) is 7.16.